The van der Waals surface area contributed by atoms with E-state index in [-0.39, 0.29) is 11.6 Å². The summed E-state index contributed by atoms with van der Waals surface area (Å²) in [7, 11) is 0. The standard InChI is InChI=1S/C18H12O2/c19-15-5-6-16-14(9-15)8-13-7-11-3-1-2-4-12(11)10-17(13)18(16)20/h1-4,6-8,10H,5,9H2. The Labute approximate surface area is 116 Å². The molecule has 2 aliphatic rings. The highest BCUT2D eigenvalue weighted by atomic mass is 16.1. The number of carbonyl (C=O) groups is 2. The first-order valence-electron chi connectivity index (χ1n) is 6.73. The van der Waals surface area contributed by atoms with E-state index in [0.29, 0.717) is 18.4 Å². The van der Waals surface area contributed by atoms with Gasteiger partial charge >= 0.3 is 0 Å². The third-order valence-corrected chi connectivity index (χ3v) is 4.00. The molecule has 0 N–H and O–H groups in total. The van der Waals surface area contributed by atoms with E-state index in [1.165, 1.54) is 0 Å². The Bertz CT molecular complexity index is 838. The number of fused-ring (bicyclic) bond motifs is 3. The molecule has 2 nitrogen and oxygen atoms in total. The molecule has 0 radical (unpaired) electrons. The normalized spacial score (nSPS) is 17.4. The Hall–Kier alpha value is -2.48. The second-order valence-electron chi connectivity index (χ2n) is 5.32. The van der Waals surface area contributed by atoms with E-state index in [9.17, 15) is 9.59 Å². The lowest BCUT2D eigenvalue weighted by molar-refractivity contribution is -0.117. The molecule has 0 spiro atoms. The lowest BCUT2D eigenvalue weighted by atomic mass is 9.80. The van der Waals surface area contributed by atoms with Gasteiger partial charge < -0.3 is 0 Å². The number of allylic oxidation sites excluding steroid dienone is 3. The highest BCUT2D eigenvalue weighted by Gasteiger charge is 2.27. The average molecular weight is 260 g/mol. The van der Waals surface area contributed by atoms with E-state index in [2.05, 4.69) is 0 Å². The molecular formula is C18H12O2. The van der Waals surface area contributed by atoms with Crippen LogP contribution in [0.3, 0.4) is 0 Å². The third-order valence-electron chi connectivity index (χ3n) is 4.00. The smallest absolute Gasteiger partial charge is 0.193 e. The summed E-state index contributed by atoms with van der Waals surface area (Å²) in [6.07, 6.45) is 4.52. The molecule has 0 atom stereocenters. The molecule has 2 aliphatic carbocycles. The van der Waals surface area contributed by atoms with Gasteiger partial charge in [-0.2, -0.15) is 0 Å². The largest absolute Gasteiger partial charge is 0.299 e. The van der Waals surface area contributed by atoms with Crippen molar-refractivity contribution in [2.75, 3.05) is 0 Å². The maximum absolute atomic E-state index is 12.6. The summed E-state index contributed by atoms with van der Waals surface area (Å²) in [5.74, 6) is 0.229. The SMILES string of the molecule is O=C1CC=C2C(=O)c3cc4ccccc4cc3C=C2C1. The van der Waals surface area contributed by atoms with Crippen molar-refractivity contribution >= 4 is 28.4 Å². The fourth-order valence-electron chi connectivity index (χ4n) is 3.00. The molecule has 0 bridgehead atoms. The van der Waals surface area contributed by atoms with Crippen LogP contribution >= 0.6 is 0 Å². The van der Waals surface area contributed by atoms with Crippen molar-refractivity contribution in [3.05, 3.63) is 64.7 Å². The minimum Gasteiger partial charge on any atom is -0.299 e. The number of hydrogen-bond donors (Lipinski definition) is 0. The lowest BCUT2D eigenvalue weighted by Crippen LogP contribution is -2.18. The Kier molecular flexibility index (Phi) is 2.27. The maximum atomic E-state index is 12.6. The Balaban J connectivity index is 2.00. The van der Waals surface area contributed by atoms with Crippen LogP contribution in [0.15, 0.2) is 53.6 Å². The molecule has 0 heterocycles. The van der Waals surface area contributed by atoms with E-state index in [4.69, 9.17) is 0 Å². The minimum absolute atomic E-state index is 0.0516. The van der Waals surface area contributed by atoms with E-state index in [1.807, 2.05) is 42.5 Å². The Morgan fingerprint density at radius 3 is 2.50 bits per heavy atom. The van der Waals surface area contributed by atoms with Crippen LogP contribution in [0.5, 0.6) is 0 Å². The van der Waals surface area contributed by atoms with Crippen molar-refractivity contribution in [2.45, 2.75) is 12.8 Å². The van der Waals surface area contributed by atoms with Gasteiger partial charge in [0.15, 0.2) is 5.78 Å². The van der Waals surface area contributed by atoms with Gasteiger partial charge in [0.2, 0.25) is 0 Å². The highest BCUT2D eigenvalue weighted by molar-refractivity contribution is 6.19. The molecule has 2 aromatic carbocycles. The molecule has 2 aromatic rings. The molecule has 96 valence electrons. The van der Waals surface area contributed by atoms with Crippen molar-refractivity contribution in [3.8, 4) is 0 Å². The fourth-order valence-corrected chi connectivity index (χ4v) is 3.00. The third kappa shape index (κ3) is 1.58. The van der Waals surface area contributed by atoms with Crippen molar-refractivity contribution < 1.29 is 9.59 Å². The van der Waals surface area contributed by atoms with Gasteiger partial charge in [0, 0.05) is 24.0 Å². The summed E-state index contributed by atoms with van der Waals surface area (Å²) in [6, 6.07) is 12.0. The summed E-state index contributed by atoms with van der Waals surface area (Å²) in [5, 5.41) is 2.19. The van der Waals surface area contributed by atoms with Gasteiger partial charge in [-0.3, -0.25) is 9.59 Å². The zero-order chi connectivity index (χ0) is 13.7. The van der Waals surface area contributed by atoms with Crippen molar-refractivity contribution in [2.24, 2.45) is 0 Å². The van der Waals surface area contributed by atoms with Crippen molar-refractivity contribution in [1.29, 1.82) is 0 Å². The Morgan fingerprint density at radius 1 is 0.950 bits per heavy atom. The second kappa shape index (κ2) is 4.01. The van der Waals surface area contributed by atoms with Crippen LogP contribution < -0.4 is 0 Å². The highest BCUT2D eigenvalue weighted by Crippen LogP contribution is 2.35. The van der Waals surface area contributed by atoms with Crippen LogP contribution in [0.4, 0.5) is 0 Å². The number of Topliss-reactive ketones (excluding diaryl/α,β-unsaturated/α-hetero) is 2. The van der Waals surface area contributed by atoms with Crippen LogP contribution in [-0.2, 0) is 4.79 Å². The summed E-state index contributed by atoms with van der Waals surface area (Å²) >= 11 is 0. The van der Waals surface area contributed by atoms with E-state index < -0.39 is 0 Å². The Morgan fingerprint density at radius 2 is 1.70 bits per heavy atom. The molecule has 0 saturated heterocycles. The molecule has 0 unspecified atom stereocenters. The zero-order valence-electron chi connectivity index (χ0n) is 10.8. The summed E-state index contributed by atoms with van der Waals surface area (Å²) in [4.78, 5) is 24.1. The molecule has 0 aromatic heterocycles. The van der Waals surface area contributed by atoms with Gasteiger partial charge in [0.25, 0.3) is 0 Å². The number of hydrogen-bond acceptors (Lipinski definition) is 2. The molecule has 0 amide bonds. The second-order valence-corrected chi connectivity index (χ2v) is 5.32. The molecule has 20 heavy (non-hydrogen) atoms. The maximum Gasteiger partial charge on any atom is 0.193 e. The molecular weight excluding hydrogens is 248 g/mol. The van der Waals surface area contributed by atoms with E-state index in [0.717, 1.165) is 27.5 Å². The van der Waals surface area contributed by atoms with Gasteiger partial charge in [-0.25, -0.2) is 0 Å². The van der Waals surface area contributed by atoms with Gasteiger partial charge in [0.1, 0.15) is 5.78 Å². The summed E-state index contributed by atoms with van der Waals surface area (Å²) < 4.78 is 0. The van der Waals surface area contributed by atoms with E-state index >= 15 is 0 Å². The van der Waals surface area contributed by atoms with Crippen LogP contribution in [-0.4, -0.2) is 11.6 Å². The van der Waals surface area contributed by atoms with Gasteiger partial charge in [0.05, 0.1) is 0 Å². The number of ketones is 2. The quantitative estimate of drug-likeness (QED) is 0.723. The van der Waals surface area contributed by atoms with Crippen molar-refractivity contribution in [3.63, 3.8) is 0 Å². The zero-order valence-corrected chi connectivity index (χ0v) is 10.8. The predicted octanol–water partition coefficient (Wildman–Crippen LogP) is 3.71. The molecule has 0 fully saturated rings. The van der Waals surface area contributed by atoms with Crippen LogP contribution in [0.1, 0.15) is 28.8 Å². The molecule has 0 saturated carbocycles. The predicted molar refractivity (Wildman–Crippen MR) is 78.6 cm³/mol. The fraction of sp³-hybridized carbons (Fsp3) is 0.111. The van der Waals surface area contributed by atoms with E-state index in [1.54, 1.807) is 6.08 Å². The summed E-state index contributed by atoms with van der Waals surface area (Å²) in [5.41, 5.74) is 3.25. The average Bonchev–Trinajstić information content (AvgIpc) is 2.45. The first-order chi connectivity index (χ1) is 9.72. The van der Waals surface area contributed by atoms with Crippen LogP contribution in [0, 0.1) is 0 Å². The first kappa shape index (κ1) is 11.4. The first-order valence-corrected chi connectivity index (χ1v) is 6.73. The number of rotatable bonds is 0. The van der Waals surface area contributed by atoms with Gasteiger partial charge in [-0.05, 0) is 40.1 Å². The monoisotopic (exact) mass is 260 g/mol. The lowest BCUT2D eigenvalue weighted by Gasteiger charge is -2.22. The van der Waals surface area contributed by atoms with Crippen LogP contribution in [0.2, 0.25) is 0 Å². The van der Waals surface area contributed by atoms with Gasteiger partial charge in [-0.1, -0.05) is 30.3 Å². The number of benzene rings is 2. The van der Waals surface area contributed by atoms with Crippen LogP contribution in [0.25, 0.3) is 16.8 Å². The topological polar surface area (TPSA) is 34.1 Å². The molecule has 2 heteroatoms. The summed E-state index contributed by atoms with van der Waals surface area (Å²) in [6.45, 7) is 0. The van der Waals surface area contributed by atoms with Crippen molar-refractivity contribution in [1.82, 2.24) is 0 Å². The molecule has 0 aliphatic heterocycles. The minimum atomic E-state index is 0.0516. The molecule has 4 rings (SSSR count). The van der Waals surface area contributed by atoms with Gasteiger partial charge in [-0.15, -0.1) is 0 Å². The number of carbonyl (C=O) groups excluding carboxylic acids is 2.